The third-order valence-corrected chi connectivity index (χ3v) is 5.49. The molecular formula is C22H26NO3S+. The Balaban J connectivity index is 1.73. The van der Waals surface area contributed by atoms with Crippen LogP contribution in [0.4, 0.5) is 0 Å². The van der Waals surface area contributed by atoms with Crippen molar-refractivity contribution in [3.05, 3.63) is 65.2 Å². The summed E-state index contributed by atoms with van der Waals surface area (Å²) in [4.78, 5) is 15.3. The summed E-state index contributed by atoms with van der Waals surface area (Å²) in [6.45, 7) is 4.37. The summed E-state index contributed by atoms with van der Waals surface area (Å²) in [6.07, 6.45) is 5.55. The molecule has 2 aromatic rings. The van der Waals surface area contributed by atoms with Gasteiger partial charge in [0.2, 0.25) is 0 Å². The van der Waals surface area contributed by atoms with Crippen molar-refractivity contribution < 1.29 is 19.2 Å². The fraction of sp³-hybridized carbons (Fsp3) is 0.318. The number of benzene rings is 2. The lowest BCUT2D eigenvalue weighted by Crippen LogP contribution is -3.12. The van der Waals surface area contributed by atoms with Crippen LogP contribution in [0.3, 0.4) is 0 Å². The molecule has 0 spiro atoms. The summed E-state index contributed by atoms with van der Waals surface area (Å²) >= 11 is 1.71. The maximum absolute atomic E-state index is 12.6. The van der Waals surface area contributed by atoms with E-state index < -0.39 is 0 Å². The number of allylic oxidation sites excluding steroid dienone is 1. The molecule has 0 saturated carbocycles. The van der Waals surface area contributed by atoms with Gasteiger partial charge < -0.3 is 14.4 Å². The molecule has 0 aromatic heterocycles. The van der Waals surface area contributed by atoms with Crippen LogP contribution in [0.15, 0.2) is 53.4 Å². The molecule has 0 radical (unpaired) electrons. The first-order chi connectivity index (χ1) is 13.2. The lowest BCUT2D eigenvalue weighted by Gasteiger charge is -2.24. The molecule has 1 aliphatic rings. The Morgan fingerprint density at radius 2 is 1.93 bits per heavy atom. The van der Waals surface area contributed by atoms with Gasteiger partial charge in [-0.3, -0.25) is 4.79 Å². The number of quaternary nitrogens is 1. The number of morpholine rings is 1. The molecule has 1 aliphatic heterocycles. The smallest absolute Gasteiger partial charge is 0.185 e. The maximum atomic E-state index is 12.6. The molecule has 3 rings (SSSR count). The Hall–Kier alpha value is -2.08. The molecule has 27 heavy (non-hydrogen) atoms. The number of methoxy groups -OCH3 is 1. The second kappa shape index (κ2) is 9.74. The van der Waals surface area contributed by atoms with Crippen LogP contribution < -0.4 is 9.64 Å². The highest BCUT2D eigenvalue weighted by molar-refractivity contribution is 7.98. The fourth-order valence-corrected chi connectivity index (χ4v) is 3.57. The standard InChI is InChI=1S/C22H25NO3S/c1-25-22-10-6-18(15-19(22)16-23-11-13-26-14-12-23)21(24)9-5-17-3-7-20(27-2)8-4-17/h3-10,15H,11-14,16H2,1-2H3/p+1/b9-5+. The molecule has 1 heterocycles. The van der Waals surface area contributed by atoms with Crippen LogP contribution in [0.1, 0.15) is 21.5 Å². The Kier molecular flexibility index (Phi) is 7.10. The minimum atomic E-state index is 0.00447. The minimum absolute atomic E-state index is 0.00447. The van der Waals surface area contributed by atoms with E-state index in [9.17, 15) is 4.79 Å². The molecule has 1 N–H and O–H groups in total. The molecule has 0 atom stereocenters. The Labute approximate surface area is 165 Å². The van der Waals surface area contributed by atoms with Crippen molar-refractivity contribution in [2.45, 2.75) is 11.4 Å². The topological polar surface area (TPSA) is 40.0 Å². The van der Waals surface area contributed by atoms with Crippen LogP contribution in [0.25, 0.3) is 6.08 Å². The summed E-state index contributed by atoms with van der Waals surface area (Å²) in [6, 6.07) is 13.9. The van der Waals surface area contributed by atoms with E-state index in [2.05, 4.69) is 12.1 Å². The van der Waals surface area contributed by atoms with Crippen molar-refractivity contribution in [2.75, 3.05) is 39.7 Å². The molecule has 0 aliphatic carbocycles. The summed E-state index contributed by atoms with van der Waals surface area (Å²) in [5.74, 6) is 0.840. The van der Waals surface area contributed by atoms with Gasteiger partial charge in [-0.15, -0.1) is 11.8 Å². The first-order valence-corrected chi connectivity index (χ1v) is 10.4. The Morgan fingerprint density at radius 3 is 2.59 bits per heavy atom. The van der Waals surface area contributed by atoms with Gasteiger partial charge in [-0.05, 0) is 48.2 Å². The number of hydrogen-bond donors (Lipinski definition) is 1. The fourth-order valence-electron chi connectivity index (χ4n) is 3.16. The van der Waals surface area contributed by atoms with Crippen LogP contribution in [0, 0.1) is 0 Å². The number of carbonyl (C=O) groups excluding carboxylic acids is 1. The third-order valence-electron chi connectivity index (χ3n) is 4.75. The van der Waals surface area contributed by atoms with Gasteiger partial charge in [-0.2, -0.15) is 0 Å². The molecule has 1 saturated heterocycles. The molecule has 142 valence electrons. The largest absolute Gasteiger partial charge is 0.496 e. The number of thioether (sulfide) groups is 1. The van der Waals surface area contributed by atoms with Crippen molar-refractivity contribution in [3.8, 4) is 5.75 Å². The molecule has 5 heteroatoms. The van der Waals surface area contributed by atoms with E-state index >= 15 is 0 Å². The molecular weight excluding hydrogens is 358 g/mol. The second-order valence-corrected chi connectivity index (χ2v) is 7.42. The zero-order valence-electron chi connectivity index (χ0n) is 15.9. The van der Waals surface area contributed by atoms with Gasteiger partial charge in [0, 0.05) is 16.0 Å². The van der Waals surface area contributed by atoms with Crippen molar-refractivity contribution in [2.24, 2.45) is 0 Å². The van der Waals surface area contributed by atoms with E-state index in [1.54, 1.807) is 24.9 Å². The normalized spacial score (nSPS) is 15.2. The second-order valence-electron chi connectivity index (χ2n) is 6.54. The number of hydrogen-bond acceptors (Lipinski definition) is 4. The molecule has 1 fully saturated rings. The maximum Gasteiger partial charge on any atom is 0.185 e. The lowest BCUT2D eigenvalue weighted by atomic mass is 10.0. The van der Waals surface area contributed by atoms with Crippen molar-refractivity contribution in [1.82, 2.24) is 0 Å². The quantitative estimate of drug-likeness (QED) is 0.453. The van der Waals surface area contributed by atoms with Crippen LogP contribution in [-0.4, -0.2) is 45.5 Å². The molecule has 0 unspecified atom stereocenters. The van der Waals surface area contributed by atoms with Crippen LogP contribution >= 0.6 is 11.8 Å². The SMILES string of the molecule is COc1ccc(C(=O)/C=C/c2ccc(SC)cc2)cc1C[NH+]1CCOCC1. The average Bonchev–Trinajstić information content (AvgIpc) is 2.73. The molecule has 2 aromatic carbocycles. The zero-order valence-corrected chi connectivity index (χ0v) is 16.7. The van der Waals surface area contributed by atoms with Gasteiger partial charge in [0.05, 0.1) is 20.3 Å². The minimum Gasteiger partial charge on any atom is -0.496 e. The van der Waals surface area contributed by atoms with E-state index in [-0.39, 0.29) is 5.78 Å². The molecule has 0 bridgehead atoms. The number of nitrogens with one attached hydrogen (secondary N) is 1. The summed E-state index contributed by atoms with van der Waals surface area (Å²) < 4.78 is 10.9. The predicted octanol–water partition coefficient (Wildman–Crippen LogP) is 2.73. The average molecular weight is 385 g/mol. The predicted molar refractivity (Wildman–Crippen MR) is 110 cm³/mol. The van der Waals surface area contributed by atoms with Gasteiger partial charge in [0.1, 0.15) is 25.4 Å². The van der Waals surface area contributed by atoms with Crippen LogP contribution in [-0.2, 0) is 11.3 Å². The van der Waals surface area contributed by atoms with Gasteiger partial charge in [-0.1, -0.05) is 18.2 Å². The Morgan fingerprint density at radius 1 is 1.19 bits per heavy atom. The number of rotatable bonds is 7. The van der Waals surface area contributed by atoms with Crippen molar-refractivity contribution in [1.29, 1.82) is 0 Å². The highest BCUT2D eigenvalue weighted by atomic mass is 32.2. The van der Waals surface area contributed by atoms with Gasteiger partial charge in [-0.25, -0.2) is 0 Å². The zero-order chi connectivity index (χ0) is 19.1. The van der Waals surface area contributed by atoms with Gasteiger partial charge in [0.25, 0.3) is 0 Å². The summed E-state index contributed by atoms with van der Waals surface area (Å²) in [7, 11) is 1.67. The van der Waals surface area contributed by atoms with Gasteiger partial charge >= 0.3 is 0 Å². The first kappa shape index (κ1) is 19.7. The number of ether oxygens (including phenoxy) is 2. The third kappa shape index (κ3) is 5.45. The Bertz CT molecular complexity index is 796. The van der Waals surface area contributed by atoms with Crippen molar-refractivity contribution in [3.63, 3.8) is 0 Å². The van der Waals surface area contributed by atoms with E-state index in [0.717, 1.165) is 49.7 Å². The first-order valence-electron chi connectivity index (χ1n) is 9.14. The van der Waals surface area contributed by atoms with E-state index in [1.165, 1.54) is 9.80 Å². The number of carbonyl (C=O) groups is 1. The van der Waals surface area contributed by atoms with Crippen LogP contribution in [0.2, 0.25) is 0 Å². The molecule has 4 nitrogen and oxygen atoms in total. The highest BCUT2D eigenvalue weighted by Crippen LogP contribution is 2.20. The van der Waals surface area contributed by atoms with Gasteiger partial charge in [0.15, 0.2) is 5.78 Å². The van der Waals surface area contributed by atoms with Crippen LogP contribution in [0.5, 0.6) is 5.75 Å². The monoisotopic (exact) mass is 384 g/mol. The van der Waals surface area contributed by atoms with E-state index in [4.69, 9.17) is 9.47 Å². The summed E-state index contributed by atoms with van der Waals surface area (Å²) in [5, 5.41) is 0. The van der Waals surface area contributed by atoms with E-state index in [0.29, 0.717) is 5.56 Å². The molecule has 0 amide bonds. The number of ketones is 1. The van der Waals surface area contributed by atoms with Crippen molar-refractivity contribution >= 4 is 23.6 Å². The van der Waals surface area contributed by atoms with E-state index in [1.807, 2.05) is 42.7 Å². The lowest BCUT2D eigenvalue weighted by molar-refractivity contribution is -0.921. The highest BCUT2D eigenvalue weighted by Gasteiger charge is 2.17. The summed E-state index contributed by atoms with van der Waals surface area (Å²) in [5.41, 5.74) is 2.78.